The number of carboxylic acid groups (broad SMARTS) is 1. The molecule has 0 aromatic heterocycles. The summed E-state index contributed by atoms with van der Waals surface area (Å²) in [5, 5.41) is 19.1. The van der Waals surface area contributed by atoms with E-state index in [9.17, 15) is 14.7 Å². The summed E-state index contributed by atoms with van der Waals surface area (Å²) < 4.78 is 4.62. The minimum Gasteiger partial charge on any atom is -0.465 e. The van der Waals surface area contributed by atoms with E-state index in [1.165, 1.54) is 12.0 Å². The predicted molar refractivity (Wildman–Crippen MR) is 70.7 cm³/mol. The highest BCUT2D eigenvalue weighted by atomic mass is 16.5. The Morgan fingerprint density at radius 1 is 1.30 bits per heavy atom. The quantitative estimate of drug-likeness (QED) is 0.797. The number of ether oxygens (including phenoxy) is 1. The highest BCUT2D eigenvalue weighted by molar-refractivity contribution is 5.89. The molecule has 0 saturated carbocycles. The lowest BCUT2D eigenvalue weighted by atomic mass is 9.88. The van der Waals surface area contributed by atoms with Gasteiger partial charge in [-0.25, -0.2) is 9.59 Å². The zero-order chi connectivity index (χ0) is 14.7. The van der Waals surface area contributed by atoms with Crippen LogP contribution in [0, 0.1) is 0 Å². The van der Waals surface area contributed by atoms with Crippen molar-refractivity contribution in [3.05, 3.63) is 35.4 Å². The van der Waals surface area contributed by atoms with Gasteiger partial charge in [0.15, 0.2) is 0 Å². The third kappa shape index (κ3) is 2.91. The van der Waals surface area contributed by atoms with Crippen molar-refractivity contribution in [2.75, 3.05) is 20.2 Å². The van der Waals surface area contributed by atoms with Crippen LogP contribution in [0.15, 0.2) is 24.3 Å². The molecule has 0 aliphatic carbocycles. The van der Waals surface area contributed by atoms with Crippen LogP contribution in [0.25, 0.3) is 0 Å². The molecule has 6 heteroatoms. The summed E-state index contributed by atoms with van der Waals surface area (Å²) in [4.78, 5) is 23.6. The van der Waals surface area contributed by atoms with Crippen molar-refractivity contribution in [2.24, 2.45) is 0 Å². The number of piperidine rings is 1. The number of benzene rings is 1. The van der Waals surface area contributed by atoms with Crippen LogP contribution in [-0.2, 0) is 4.74 Å². The number of carbonyl (C=O) groups is 2. The van der Waals surface area contributed by atoms with E-state index >= 15 is 0 Å². The maximum absolute atomic E-state index is 11.3. The number of aliphatic hydroxyl groups is 1. The molecule has 0 spiro atoms. The largest absolute Gasteiger partial charge is 0.465 e. The normalized spacial score (nSPS) is 22.4. The first-order valence-electron chi connectivity index (χ1n) is 6.37. The van der Waals surface area contributed by atoms with Gasteiger partial charge >= 0.3 is 12.1 Å². The number of methoxy groups -OCH3 is 1. The topological polar surface area (TPSA) is 87.1 Å². The molecule has 0 unspecified atom stereocenters. The summed E-state index contributed by atoms with van der Waals surface area (Å²) in [5.41, 5.74) is 1.24. The van der Waals surface area contributed by atoms with Gasteiger partial charge in [0.2, 0.25) is 0 Å². The number of amides is 1. The molecule has 0 radical (unpaired) electrons. The highest BCUT2D eigenvalue weighted by Gasteiger charge is 2.31. The minimum absolute atomic E-state index is 0.258. The molecule has 1 fully saturated rings. The summed E-state index contributed by atoms with van der Waals surface area (Å²) >= 11 is 0. The number of rotatable bonds is 2. The second-order valence-corrected chi connectivity index (χ2v) is 4.80. The van der Waals surface area contributed by atoms with Crippen molar-refractivity contribution in [3.63, 3.8) is 0 Å². The molecule has 1 heterocycles. The fraction of sp³-hybridized carbons (Fsp3) is 0.429. The van der Waals surface area contributed by atoms with Crippen LogP contribution in [0.2, 0.25) is 0 Å². The average molecular weight is 279 g/mol. The van der Waals surface area contributed by atoms with Crippen LogP contribution in [-0.4, -0.2) is 53.5 Å². The maximum Gasteiger partial charge on any atom is 0.407 e. The minimum atomic E-state index is -0.979. The Bertz CT molecular complexity index is 499. The second kappa shape index (κ2) is 5.92. The van der Waals surface area contributed by atoms with Gasteiger partial charge in [-0.3, -0.25) is 0 Å². The van der Waals surface area contributed by atoms with Gasteiger partial charge in [0.1, 0.15) is 0 Å². The molecule has 1 aliphatic rings. The Morgan fingerprint density at radius 3 is 2.50 bits per heavy atom. The van der Waals surface area contributed by atoms with Crippen LogP contribution in [0.1, 0.15) is 28.3 Å². The van der Waals surface area contributed by atoms with E-state index < -0.39 is 18.2 Å². The van der Waals surface area contributed by atoms with Gasteiger partial charge in [-0.2, -0.15) is 0 Å². The fourth-order valence-corrected chi connectivity index (χ4v) is 2.43. The van der Waals surface area contributed by atoms with E-state index in [1.54, 1.807) is 24.3 Å². The van der Waals surface area contributed by atoms with E-state index in [-0.39, 0.29) is 12.5 Å². The SMILES string of the molecule is COC(=O)c1ccc([C@@H]2CN(C(=O)O)CC[C@@H]2O)cc1. The fourth-order valence-electron chi connectivity index (χ4n) is 2.43. The standard InChI is InChI=1S/C14H17NO5/c1-20-13(17)10-4-2-9(3-5-10)11-8-15(14(18)19)7-6-12(11)16/h2-5,11-12,16H,6-8H2,1H3,(H,18,19)/t11-,12-/m0/s1. The van der Waals surface area contributed by atoms with E-state index in [1.807, 2.05) is 0 Å². The van der Waals surface area contributed by atoms with Crippen molar-refractivity contribution in [1.29, 1.82) is 0 Å². The molecule has 2 atom stereocenters. The van der Waals surface area contributed by atoms with Crippen molar-refractivity contribution in [2.45, 2.75) is 18.4 Å². The van der Waals surface area contributed by atoms with Crippen LogP contribution in [0.5, 0.6) is 0 Å². The molecule has 108 valence electrons. The molecule has 1 aromatic rings. The number of aliphatic hydroxyl groups excluding tert-OH is 1. The van der Waals surface area contributed by atoms with Gasteiger partial charge < -0.3 is 19.8 Å². The van der Waals surface area contributed by atoms with Crippen molar-refractivity contribution in [1.82, 2.24) is 4.90 Å². The van der Waals surface area contributed by atoms with E-state index in [4.69, 9.17) is 5.11 Å². The monoisotopic (exact) mass is 279 g/mol. The zero-order valence-electron chi connectivity index (χ0n) is 11.2. The summed E-state index contributed by atoms with van der Waals surface area (Å²) in [5.74, 6) is -0.695. The lowest BCUT2D eigenvalue weighted by molar-refractivity contribution is 0.0586. The number of hydrogen-bond acceptors (Lipinski definition) is 4. The lowest BCUT2D eigenvalue weighted by Gasteiger charge is -2.34. The predicted octanol–water partition coefficient (Wildman–Crippen LogP) is 1.30. The third-order valence-electron chi connectivity index (χ3n) is 3.61. The Labute approximate surface area is 116 Å². The first-order chi connectivity index (χ1) is 9.52. The second-order valence-electron chi connectivity index (χ2n) is 4.80. The van der Waals surface area contributed by atoms with E-state index in [2.05, 4.69) is 4.74 Å². The average Bonchev–Trinajstić information content (AvgIpc) is 2.47. The van der Waals surface area contributed by atoms with Crippen molar-refractivity contribution in [3.8, 4) is 0 Å². The van der Waals surface area contributed by atoms with E-state index in [0.29, 0.717) is 18.5 Å². The molecule has 1 saturated heterocycles. The van der Waals surface area contributed by atoms with Crippen LogP contribution < -0.4 is 0 Å². The van der Waals surface area contributed by atoms with Gasteiger partial charge in [-0.05, 0) is 24.1 Å². The van der Waals surface area contributed by atoms with Gasteiger partial charge in [-0.15, -0.1) is 0 Å². The van der Waals surface area contributed by atoms with E-state index in [0.717, 1.165) is 5.56 Å². The Hall–Kier alpha value is -2.08. The van der Waals surface area contributed by atoms with Crippen LogP contribution >= 0.6 is 0 Å². The lowest BCUT2D eigenvalue weighted by Crippen LogP contribution is -2.44. The van der Waals surface area contributed by atoms with Gasteiger partial charge in [0.25, 0.3) is 0 Å². The van der Waals surface area contributed by atoms with Crippen molar-refractivity contribution >= 4 is 12.1 Å². The number of likely N-dealkylation sites (tertiary alicyclic amines) is 1. The maximum atomic E-state index is 11.3. The molecule has 0 bridgehead atoms. The number of carbonyl (C=O) groups excluding carboxylic acids is 1. The molecule has 1 aliphatic heterocycles. The summed E-state index contributed by atoms with van der Waals surface area (Å²) in [6, 6.07) is 6.69. The summed E-state index contributed by atoms with van der Waals surface area (Å²) in [7, 11) is 1.31. The summed E-state index contributed by atoms with van der Waals surface area (Å²) in [6.07, 6.45) is -1.14. The molecular weight excluding hydrogens is 262 g/mol. The third-order valence-corrected chi connectivity index (χ3v) is 3.61. The van der Waals surface area contributed by atoms with Crippen LogP contribution in [0.3, 0.4) is 0 Å². The van der Waals surface area contributed by atoms with Gasteiger partial charge in [-0.1, -0.05) is 12.1 Å². The molecule has 2 N–H and O–H groups in total. The number of nitrogens with zero attached hydrogens (tertiary/aromatic N) is 1. The van der Waals surface area contributed by atoms with Crippen molar-refractivity contribution < 1.29 is 24.5 Å². The number of esters is 1. The smallest absolute Gasteiger partial charge is 0.407 e. The molecule has 2 rings (SSSR count). The van der Waals surface area contributed by atoms with Gasteiger partial charge in [0.05, 0.1) is 18.8 Å². The summed E-state index contributed by atoms with van der Waals surface area (Å²) in [6.45, 7) is 0.599. The molecule has 1 aromatic carbocycles. The molecular formula is C14H17NO5. The first kappa shape index (κ1) is 14.3. The Morgan fingerprint density at radius 2 is 1.95 bits per heavy atom. The first-order valence-corrected chi connectivity index (χ1v) is 6.37. The highest BCUT2D eigenvalue weighted by Crippen LogP contribution is 2.27. The number of hydrogen-bond donors (Lipinski definition) is 2. The Kier molecular flexibility index (Phi) is 4.24. The molecule has 20 heavy (non-hydrogen) atoms. The van der Waals surface area contributed by atoms with Crippen LogP contribution in [0.4, 0.5) is 4.79 Å². The molecule has 1 amide bonds. The Balaban J connectivity index is 2.16. The van der Waals surface area contributed by atoms with Gasteiger partial charge in [0, 0.05) is 19.0 Å². The molecule has 6 nitrogen and oxygen atoms in total. The zero-order valence-corrected chi connectivity index (χ0v) is 11.2.